The smallest absolute Gasteiger partial charge is 0.300 e. The van der Waals surface area contributed by atoms with Crippen LogP contribution in [0.25, 0.3) is 0 Å². The number of hydrogen-bond donors (Lipinski definition) is 2. The molecule has 4 nitrogen and oxygen atoms in total. The Kier molecular flexibility index (Phi) is 24.7. The fourth-order valence-corrected chi connectivity index (χ4v) is 0. The predicted octanol–water partition coefficient (Wildman–Crippen LogP) is 0.234. The first kappa shape index (κ1) is 16.8. The molecule has 3 N–H and O–H groups in total. The average molecular weight is 164 g/mol. The molecule has 0 aliphatic carbocycles. The van der Waals surface area contributed by atoms with Crippen LogP contribution < -0.4 is 5.73 Å². The van der Waals surface area contributed by atoms with Gasteiger partial charge in [0.25, 0.3) is 5.97 Å². The lowest BCUT2D eigenvalue weighted by Crippen LogP contribution is -1.99. The molecule has 0 aromatic rings. The molecule has 11 heavy (non-hydrogen) atoms. The summed E-state index contributed by atoms with van der Waals surface area (Å²) >= 11 is 0. The molecule has 0 aromatic carbocycles. The zero-order valence-corrected chi connectivity index (χ0v) is 8.09. The highest BCUT2D eigenvalue weighted by atomic mass is 16.4. The number of nitrogens with zero attached hydrogens (tertiary/aromatic N) is 1. The first-order valence-electron chi connectivity index (χ1n) is 3.38. The van der Waals surface area contributed by atoms with Gasteiger partial charge in [0.15, 0.2) is 0 Å². The van der Waals surface area contributed by atoms with E-state index in [-0.39, 0.29) is 0 Å². The monoisotopic (exact) mass is 164 g/mol. The molecule has 0 amide bonds. The van der Waals surface area contributed by atoms with Crippen LogP contribution in [0.1, 0.15) is 13.8 Å². The molecule has 0 fully saturated rings. The van der Waals surface area contributed by atoms with Crippen molar-refractivity contribution >= 4 is 5.97 Å². The summed E-state index contributed by atoms with van der Waals surface area (Å²) < 4.78 is 0. The molecule has 0 radical (unpaired) electrons. The summed E-state index contributed by atoms with van der Waals surface area (Å²) in [6.07, 6.45) is 0. The third-order valence-electron chi connectivity index (χ3n) is 0. The van der Waals surface area contributed by atoms with Crippen molar-refractivity contribution in [3.8, 4) is 0 Å². The molecule has 0 atom stereocenters. The van der Waals surface area contributed by atoms with E-state index in [1.54, 1.807) is 0 Å². The molecule has 0 heterocycles. The Morgan fingerprint density at radius 3 is 1.45 bits per heavy atom. The van der Waals surface area contributed by atoms with Crippen LogP contribution in [0.2, 0.25) is 0 Å². The first-order chi connectivity index (χ1) is 4.88. The van der Waals surface area contributed by atoms with Gasteiger partial charge < -0.3 is 15.7 Å². The second kappa shape index (κ2) is 16.2. The summed E-state index contributed by atoms with van der Waals surface area (Å²) in [7, 11) is 6.00. The van der Waals surface area contributed by atoms with Gasteiger partial charge in [0, 0.05) is 6.92 Å². The zero-order valence-electron chi connectivity index (χ0n) is 8.09. The van der Waals surface area contributed by atoms with Gasteiger partial charge in [-0.05, 0) is 27.7 Å². The van der Waals surface area contributed by atoms with Gasteiger partial charge in [0.1, 0.15) is 0 Å². The highest BCUT2D eigenvalue weighted by Gasteiger charge is 1.65. The van der Waals surface area contributed by atoms with E-state index in [9.17, 15) is 0 Å². The van der Waals surface area contributed by atoms with Crippen LogP contribution in [-0.2, 0) is 4.79 Å². The maximum absolute atomic E-state index is 9.00. The maximum atomic E-state index is 9.00. The van der Waals surface area contributed by atoms with E-state index in [4.69, 9.17) is 15.6 Å². The van der Waals surface area contributed by atoms with Crippen molar-refractivity contribution in [2.24, 2.45) is 5.73 Å². The van der Waals surface area contributed by atoms with Crippen molar-refractivity contribution in [1.82, 2.24) is 4.90 Å². The summed E-state index contributed by atoms with van der Waals surface area (Å²) in [4.78, 5) is 11.0. The van der Waals surface area contributed by atoms with Crippen molar-refractivity contribution in [2.45, 2.75) is 13.8 Å². The Bertz CT molecular complexity index is 68.1. The molecule has 0 rings (SSSR count). The van der Waals surface area contributed by atoms with Crippen LogP contribution in [0.3, 0.4) is 0 Å². The lowest BCUT2D eigenvalue weighted by atomic mass is 10.8. The molecular formula is C7H20N2O2. The first-order valence-corrected chi connectivity index (χ1v) is 3.38. The van der Waals surface area contributed by atoms with Crippen LogP contribution >= 0.6 is 0 Å². The number of nitrogens with two attached hydrogens (primary N) is 1. The van der Waals surface area contributed by atoms with Crippen molar-refractivity contribution in [3.63, 3.8) is 0 Å². The molecule has 0 saturated carbocycles. The molecule has 70 valence electrons. The van der Waals surface area contributed by atoms with Gasteiger partial charge in [-0.15, -0.1) is 0 Å². The third kappa shape index (κ3) is 1380. The minimum atomic E-state index is -0.833. The van der Waals surface area contributed by atoms with Crippen molar-refractivity contribution < 1.29 is 9.90 Å². The molecule has 0 aromatic heterocycles. The highest BCUT2D eigenvalue weighted by molar-refractivity contribution is 5.62. The fourth-order valence-electron chi connectivity index (χ4n) is 0. The zero-order chi connectivity index (χ0) is 9.86. The molecule has 0 spiro atoms. The standard InChI is InChI=1S/C3H9N.C2H7N.C2H4O2/c1-4(2)3;1-2-3;1-2(3)4/h1-3H3;2-3H2,1H3;1H3,(H,3,4). The van der Waals surface area contributed by atoms with Crippen LogP contribution in [0, 0.1) is 0 Å². The van der Waals surface area contributed by atoms with E-state index in [0.717, 1.165) is 13.5 Å². The van der Waals surface area contributed by atoms with E-state index in [0.29, 0.717) is 0 Å². The molecule has 0 unspecified atom stereocenters. The summed E-state index contributed by atoms with van der Waals surface area (Å²) in [5.74, 6) is -0.833. The summed E-state index contributed by atoms with van der Waals surface area (Å²) in [6, 6.07) is 0. The number of carbonyl (C=O) groups is 1. The molecule has 4 heteroatoms. The third-order valence-corrected chi connectivity index (χ3v) is 0. The van der Waals surface area contributed by atoms with Crippen molar-refractivity contribution in [2.75, 3.05) is 27.7 Å². The van der Waals surface area contributed by atoms with Gasteiger partial charge >= 0.3 is 0 Å². The molecule has 0 aliphatic heterocycles. The van der Waals surface area contributed by atoms with Crippen LogP contribution in [0.4, 0.5) is 0 Å². The number of hydrogen-bond acceptors (Lipinski definition) is 3. The van der Waals surface area contributed by atoms with Crippen molar-refractivity contribution in [3.05, 3.63) is 0 Å². The van der Waals surface area contributed by atoms with Gasteiger partial charge in [-0.25, -0.2) is 0 Å². The van der Waals surface area contributed by atoms with Crippen LogP contribution in [-0.4, -0.2) is 43.7 Å². The minimum absolute atomic E-state index is 0.750. The second-order valence-corrected chi connectivity index (χ2v) is 2.27. The van der Waals surface area contributed by atoms with Gasteiger partial charge in [-0.3, -0.25) is 4.79 Å². The van der Waals surface area contributed by atoms with E-state index in [1.165, 1.54) is 0 Å². The summed E-state index contributed by atoms with van der Waals surface area (Å²) in [6.45, 7) is 3.74. The molecule has 0 aliphatic rings. The minimum Gasteiger partial charge on any atom is -0.481 e. The summed E-state index contributed by atoms with van der Waals surface area (Å²) in [5.41, 5.74) is 4.85. The molecule has 0 bridgehead atoms. The Labute approximate surface area is 69.0 Å². The number of rotatable bonds is 0. The van der Waals surface area contributed by atoms with Crippen LogP contribution in [0.15, 0.2) is 0 Å². The highest BCUT2D eigenvalue weighted by Crippen LogP contribution is 1.47. The number of aliphatic carboxylic acids is 1. The summed E-state index contributed by atoms with van der Waals surface area (Å²) in [5, 5.41) is 7.42. The number of carboxylic acids is 1. The topological polar surface area (TPSA) is 66.6 Å². The van der Waals surface area contributed by atoms with E-state index < -0.39 is 5.97 Å². The van der Waals surface area contributed by atoms with Gasteiger partial charge in [-0.2, -0.15) is 0 Å². The average Bonchev–Trinajstić information content (AvgIpc) is 1.60. The maximum Gasteiger partial charge on any atom is 0.300 e. The van der Waals surface area contributed by atoms with Crippen LogP contribution in [0.5, 0.6) is 0 Å². The van der Waals surface area contributed by atoms with E-state index in [2.05, 4.69) is 0 Å². The second-order valence-electron chi connectivity index (χ2n) is 2.27. The quantitative estimate of drug-likeness (QED) is 0.538. The Balaban J connectivity index is -0.0000000886. The van der Waals surface area contributed by atoms with Gasteiger partial charge in [0.05, 0.1) is 0 Å². The fraction of sp³-hybridized carbons (Fsp3) is 0.857. The van der Waals surface area contributed by atoms with E-state index >= 15 is 0 Å². The SMILES string of the molecule is CC(=O)O.CCN.CN(C)C. The van der Waals surface area contributed by atoms with Gasteiger partial charge in [-0.1, -0.05) is 6.92 Å². The molecular weight excluding hydrogens is 144 g/mol. The Hall–Kier alpha value is -0.610. The predicted molar refractivity (Wildman–Crippen MR) is 47.6 cm³/mol. The lowest BCUT2D eigenvalue weighted by molar-refractivity contribution is -0.134. The normalized spacial score (nSPS) is 7.18. The Morgan fingerprint density at radius 1 is 1.45 bits per heavy atom. The number of carboxylic acid groups (broad SMARTS) is 1. The van der Waals surface area contributed by atoms with Gasteiger partial charge in [0.2, 0.25) is 0 Å². The van der Waals surface area contributed by atoms with Crippen molar-refractivity contribution in [1.29, 1.82) is 0 Å². The largest absolute Gasteiger partial charge is 0.481 e. The van der Waals surface area contributed by atoms with E-state index in [1.807, 2.05) is 33.0 Å². The Morgan fingerprint density at radius 2 is 1.45 bits per heavy atom. The molecule has 0 saturated heterocycles. The lowest BCUT2D eigenvalue weighted by Gasteiger charge is -1.90.